The second kappa shape index (κ2) is 11.9. The molecule has 26 heavy (non-hydrogen) atoms. The number of ether oxygens (including phenoxy) is 2. The van der Waals surface area contributed by atoms with Gasteiger partial charge in [0.05, 0.1) is 31.3 Å². The molecule has 0 bridgehead atoms. The van der Waals surface area contributed by atoms with E-state index in [9.17, 15) is 5.11 Å². The lowest BCUT2D eigenvalue weighted by Crippen LogP contribution is -2.45. The van der Waals surface area contributed by atoms with E-state index >= 15 is 0 Å². The van der Waals surface area contributed by atoms with Gasteiger partial charge in [0, 0.05) is 12.6 Å². The van der Waals surface area contributed by atoms with Gasteiger partial charge in [0.1, 0.15) is 0 Å². The number of benzene rings is 1. The highest BCUT2D eigenvalue weighted by atomic mass is 127. The third kappa shape index (κ3) is 6.77. The molecule has 0 spiro atoms. The van der Waals surface area contributed by atoms with Gasteiger partial charge >= 0.3 is 0 Å². The Morgan fingerprint density at radius 2 is 1.92 bits per heavy atom. The topological polar surface area (TPSA) is 75.1 Å². The third-order valence-electron chi connectivity index (χ3n) is 4.29. The van der Waals surface area contributed by atoms with Crippen LogP contribution < -0.4 is 20.1 Å². The first-order valence-corrected chi connectivity index (χ1v) is 9.50. The lowest BCUT2D eigenvalue weighted by Gasteiger charge is -2.27. The maximum atomic E-state index is 9.63. The van der Waals surface area contributed by atoms with Gasteiger partial charge in [-0.3, -0.25) is 0 Å². The highest BCUT2D eigenvalue weighted by Crippen LogP contribution is 2.36. The number of guanidine groups is 1. The molecular formula is C18H29BrIN3O3. The molecule has 0 amide bonds. The van der Waals surface area contributed by atoms with Crippen LogP contribution in [0.15, 0.2) is 21.6 Å². The summed E-state index contributed by atoms with van der Waals surface area (Å²) < 4.78 is 11.6. The number of halogens is 2. The van der Waals surface area contributed by atoms with Crippen molar-refractivity contribution in [2.75, 3.05) is 20.8 Å². The molecule has 0 saturated heterocycles. The molecule has 0 radical (unpaired) electrons. The fourth-order valence-corrected chi connectivity index (χ4v) is 3.62. The molecule has 0 atom stereocenters. The number of aliphatic hydroxyl groups is 1. The molecule has 0 unspecified atom stereocenters. The first-order chi connectivity index (χ1) is 12.1. The quantitative estimate of drug-likeness (QED) is 0.292. The monoisotopic (exact) mass is 541 g/mol. The van der Waals surface area contributed by atoms with E-state index in [0.29, 0.717) is 24.1 Å². The number of hydrogen-bond acceptors (Lipinski definition) is 4. The molecule has 1 fully saturated rings. The summed E-state index contributed by atoms with van der Waals surface area (Å²) in [4.78, 5) is 4.68. The summed E-state index contributed by atoms with van der Waals surface area (Å²) in [6, 6.07) is 4.29. The molecule has 6 nitrogen and oxygen atoms in total. The number of nitrogens with one attached hydrogen (secondary N) is 2. The Hall–Kier alpha value is -0.740. The van der Waals surface area contributed by atoms with Crippen molar-refractivity contribution >= 4 is 45.9 Å². The van der Waals surface area contributed by atoms with Crippen LogP contribution in [0.3, 0.4) is 0 Å². The third-order valence-corrected chi connectivity index (χ3v) is 4.88. The van der Waals surface area contributed by atoms with E-state index in [-0.39, 0.29) is 30.1 Å². The fraction of sp³-hybridized carbons (Fsp3) is 0.611. The van der Waals surface area contributed by atoms with Gasteiger partial charge in [-0.1, -0.05) is 0 Å². The van der Waals surface area contributed by atoms with Crippen molar-refractivity contribution in [2.24, 2.45) is 4.99 Å². The van der Waals surface area contributed by atoms with Crippen LogP contribution in [-0.2, 0) is 6.54 Å². The second-order valence-corrected chi connectivity index (χ2v) is 7.01. The summed E-state index contributed by atoms with van der Waals surface area (Å²) in [7, 11) is 3.25. The minimum atomic E-state index is -0.151. The Morgan fingerprint density at radius 1 is 1.23 bits per heavy atom. The molecule has 3 N–H and O–H groups in total. The van der Waals surface area contributed by atoms with Crippen molar-refractivity contribution in [3.63, 3.8) is 0 Å². The lowest BCUT2D eigenvalue weighted by molar-refractivity contribution is 0.120. The van der Waals surface area contributed by atoms with Crippen molar-refractivity contribution < 1.29 is 14.6 Å². The molecule has 1 saturated carbocycles. The SMILES string of the molecule is CCNC(=NCc1cc(Br)c(OC)c(OC)c1)NC1CCC(O)CC1.I. The first-order valence-electron chi connectivity index (χ1n) is 8.70. The summed E-state index contributed by atoms with van der Waals surface area (Å²) in [6.45, 7) is 3.38. The zero-order valence-electron chi connectivity index (χ0n) is 15.5. The van der Waals surface area contributed by atoms with E-state index in [1.165, 1.54) is 0 Å². The van der Waals surface area contributed by atoms with Crippen LogP contribution >= 0.6 is 39.9 Å². The number of rotatable bonds is 6. The molecule has 8 heteroatoms. The first kappa shape index (κ1) is 23.3. The normalized spacial score (nSPS) is 20.1. The van der Waals surface area contributed by atoms with Gasteiger partial charge in [-0.25, -0.2) is 4.99 Å². The van der Waals surface area contributed by atoms with Crippen LogP contribution in [0.25, 0.3) is 0 Å². The molecule has 1 aromatic rings. The van der Waals surface area contributed by atoms with E-state index in [4.69, 9.17) is 9.47 Å². The van der Waals surface area contributed by atoms with E-state index in [2.05, 4.69) is 38.5 Å². The van der Waals surface area contributed by atoms with Gasteiger partial charge in [-0.15, -0.1) is 24.0 Å². The minimum absolute atomic E-state index is 0. The average molecular weight is 542 g/mol. The number of aliphatic hydroxyl groups excluding tert-OH is 1. The van der Waals surface area contributed by atoms with Crippen molar-refractivity contribution in [1.29, 1.82) is 0 Å². The molecule has 148 valence electrons. The summed E-state index contributed by atoms with van der Waals surface area (Å²) in [5, 5.41) is 16.4. The van der Waals surface area contributed by atoms with E-state index in [1.54, 1.807) is 14.2 Å². The Balaban J connectivity index is 0.00000338. The highest BCUT2D eigenvalue weighted by molar-refractivity contribution is 14.0. The van der Waals surface area contributed by atoms with Gasteiger partial charge < -0.3 is 25.2 Å². The lowest BCUT2D eigenvalue weighted by atomic mass is 9.93. The predicted molar refractivity (Wildman–Crippen MR) is 119 cm³/mol. The van der Waals surface area contributed by atoms with Gasteiger partial charge in [-0.2, -0.15) is 0 Å². The summed E-state index contributed by atoms with van der Waals surface area (Å²) in [6.07, 6.45) is 3.47. The van der Waals surface area contributed by atoms with Crippen molar-refractivity contribution in [3.05, 3.63) is 22.2 Å². The van der Waals surface area contributed by atoms with Crippen LogP contribution in [0.4, 0.5) is 0 Å². The number of nitrogens with zero attached hydrogens (tertiary/aromatic N) is 1. The molecule has 0 heterocycles. The van der Waals surface area contributed by atoms with Crippen LogP contribution in [0.2, 0.25) is 0 Å². The van der Waals surface area contributed by atoms with Crippen LogP contribution in [0, 0.1) is 0 Å². The number of aliphatic imine (C=N–C) groups is 1. The smallest absolute Gasteiger partial charge is 0.191 e. The predicted octanol–water partition coefficient (Wildman–Crippen LogP) is 3.44. The summed E-state index contributed by atoms with van der Waals surface area (Å²) >= 11 is 3.51. The van der Waals surface area contributed by atoms with Gasteiger partial charge in [0.15, 0.2) is 17.5 Å². The average Bonchev–Trinajstić information content (AvgIpc) is 2.61. The molecule has 1 aliphatic carbocycles. The molecular weight excluding hydrogens is 513 g/mol. The second-order valence-electron chi connectivity index (χ2n) is 6.16. The van der Waals surface area contributed by atoms with Crippen molar-refractivity contribution in [1.82, 2.24) is 10.6 Å². The van der Waals surface area contributed by atoms with E-state index < -0.39 is 0 Å². The Morgan fingerprint density at radius 3 is 2.50 bits per heavy atom. The Kier molecular flexibility index (Phi) is 10.6. The van der Waals surface area contributed by atoms with Crippen LogP contribution in [0.1, 0.15) is 38.2 Å². The van der Waals surface area contributed by atoms with Gasteiger partial charge in [0.25, 0.3) is 0 Å². The molecule has 2 rings (SSSR count). The summed E-state index contributed by atoms with van der Waals surface area (Å²) in [5.74, 6) is 2.16. The van der Waals surface area contributed by atoms with Crippen molar-refractivity contribution in [3.8, 4) is 11.5 Å². The largest absolute Gasteiger partial charge is 0.493 e. The molecule has 0 aliphatic heterocycles. The Bertz CT molecular complexity index is 593. The van der Waals surface area contributed by atoms with Crippen molar-refractivity contribution in [2.45, 2.75) is 51.3 Å². The molecule has 0 aromatic heterocycles. The maximum Gasteiger partial charge on any atom is 0.191 e. The van der Waals surface area contributed by atoms with Crippen LogP contribution in [0.5, 0.6) is 11.5 Å². The zero-order chi connectivity index (χ0) is 18.2. The molecule has 1 aromatic carbocycles. The van der Waals surface area contributed by atoms with E-state index in [0.717, 1.165) is 48.2 Å². The fourth-order valence-electron chi connectivity index (χ4n) is 2.97. The zero-order valence-corrected chi connectivity index (χ0v) is 19.5. The van der Waals surface area contributed by atoms with Crippen LogP contribution in [-0.4, -0.2) is 44.0 Å². The highest BCUT2D eigenvalue weighted by Gasteiger charge is 2.20. The number of methoxy groups -OCH3 is 2. The molecule has 1 aliphatic rings. The van der Waals surface area contributed by atoms with Gasteiger partial charge in [0.2, 0.25) is 0 Å². The van der Waals surface area contributed by atoms with E-state index in [1.807, 2.05) is 12.1 Å². The minimum Gasteiger partial charge on any atom is -0.493 e. The standard InChI is InChI=1S/C18H28BrN3O3.HI/c1-4-20-18(22-13-5-7-14(23)8-6-13)21-11-12-9-15(19)17(25-3)16(10-12)24-2;/h9-10,13-14,23H,4-8,11H2,1-3H3,(H2,20,21,22);1H. The summed E-state index contributed by atoms with van der Waals surface area (Å²) in [5.41, 5.74) is 1.03. The number of hydrogen-bond donors (Lipinski definition) is 3. The maximum absolute atomic E-state index is 9.63. The van der Waals surface area contributed by atoms with Gasteiger partial charge in [-0.05, 0) is 66.2 Å². The Labute approximate surface area is 181 Å².